The molecule has 0 bridgehead atoms. The second kappa shape index (κ2) is 4.57. The lowest BCUT2D eigenvalue weighted by Gasteiger charge is -2.19. The maximum absolute atomic E-state index is 5.92. The fraction of sp³-hybridized carbons (Fsp3) is 0.571. The molecule has 0 spiro atoms. The molecule has 1 saturated heterocycles. The highest BCUT2D eigenvalue weighted by molar-refractivity contribution is 5.57. The van der Waals surface area contributed by atoms with Crippen LogP contribution in [0.3, 0.4) is 0 Å². The number of rotatable bonds is 3. The Morgan fingerprint density at radius 2 is 2.41 bits per heavy atom. The summed E-state index contributed by atoms with van der Waals surface area (Å²) >= 11 is 0. The molecule has 17 heavy (non-hydrogen) atoms. The summed E-state index contributed by atoms with van der Waals surface area (Å²) in [5, 5.41) is 3.37. The van der Waals surface area contributed by atoms with Crippen LogP contribution in [0.25, 0.3) is 0 Å². The Morgan fingerprint density at radius 3 is 3.24 bits per heavy atom. The molecule has 3 heteroatoms. The van der Waals surface area contributed by atoms with Gasteiger partial charge in [0.15, 0.2) is 0 Å². The molecule has 92 valence electrons. The van der Waals surface area contributed by atoms with Crippen molar-refractivity contribution in [2.75, 3.05) is 32.1 Å². The molecule has 1 unspecified atom stereocenters. The third kappa shape index (κ3) is 2.25. The molecule has 3 rings (SSSR count). The van der Waals surface area contributed by atoms with Crippen molar-refractivity contribution in [2.24, 2.45) is 0 Å². The molecule has 1 aromatic carbocycles. The molecule has 1 fully saturated rings. The molecule has 2 heterocycles. The molecular formula is C14H20N2O. The summed E-state index contributed by atoms with van der Waals surface area (Å²) in [5.41, 5.74) is 2.66. The van der Waals surface area contributed by atoms with Gasteiger partial charge in [-0.05, 0) is 56.6 Å². The Kier molecular flexibility index (Phi) is 2.93. The molecule has 1 N–H and O–H groups in total. The van der Waals surface area contributed by atoms with E-state index in [0.29, 0.717) is 6.04 Å². The average molecular weight is 232 g/mol. The van der Waals surface area contributed by atoms with Crippen LogP contribution >= 0.6 is 0 Å². The molecule has 2 aliphatic rings. The molecule has 3 nitrogen and oxygen atoms in total. The molecule has 0 saturated carbocycles. The van der Waals surface area contributed by atoms with Crippen molar-refractivity contribution in [3.05, 3.63) is 23.8 Å². The zero-order valence-electron chi connectivity index (χ0n) is 10.4. The number of hydrogen-bond acceptors (Lipinski definition) is 3. The van der Waals surface area contributed by atoms with E-state index >= 15 is 0 Å². The summed E-state index contributed by atoms with van der Waals surface area (Å²) in [4.78, 5) is 2.40. The maximum atomic E-state index is 5.92. The number of nitrogens with one attached hydrogen (secondary N) is 1. The number of hydrogen-bond donors (Lipinski definition) is 1. The summed E-state index contributed by atoms with van der Waals surface area (Å²) in [7, 11) is 2.19. The summed E-state index contributed by atoms with van der Waals surface area (Å²) in [6, 6.07) is 6.99. The number of likely N-dealkylation sites (N-methyl/N-ethyl adjacent to an activating group) is 1. The molecule has 0 aromatic heterocycles. The number of benzene rings is 1. The van der Waals surface area contributed by atoms with E-state index in [1.807, 2.05) is 0 Å². The minimum atomic E-state index is 0.598. The lowest BCUT2D eigenvalue weighted by molar-refractivity contribution is 0.198. The van der Waals surface area contributed by atoms with Crippen LogP contribution in [0.1, 0.15) is 18.4 Å². The largest absolute Gasteiger partial charge is 0.492 e. The second-order valence-electron chi connectivity index (χ2n) is 5.08. The first-order chi connectivity index (χ1) is 8.33. The van der Waals surface area contributed by atoms with Gasteiger partial charge in [-0.15, -0.1) is 0 Å². The molecule has 2 aliphatic heterocycles. The zero-order chi connectivity index (χ0) is 11.7. The van der Waals surface area contributed by atoms with Crippen molar-refractivity contribution in [3.8, 4) is 5.75 Å². The van der Waals surface area contributed by atoms with Crippen LogP contribution in [0, 0.1) is 0 Å². The quantitative estimate of drug-likeness (QED) is 0.864. The van der Waals surface area contributed by atoms with E-state index in [4.69, 9.17) is 4.74 Å². The van der Waals surface area contributed by atoms with E-state index in [-0.39, 0.29) is 0 Å². The van der Waals surface area contributed by atoms with Gasteiger partial charge in [0.05, 0.1) is 0 Å². The predicted octanol–water partition coefficient (Wildman–Crippen LogP) is 2.13. The summed E-state index contributed by atoms with van der Waals surface area (Å²) < 4.78 is 5.92. The molecule has 0 aliphatic carbocycles. The lowest BCUT2D eigenvalue weighted by Crippen LogP contribution is -2.30. The van der Waals surface area contributed by atoms with E-state index in [0.717, 1.165) is 25.3 Å². The van der Waals surface area contributed by atoms with Gasteiger partial charge in [0.25, 0.3) is 0 Å². The van der Waals surface area contributed by atoms with E-state index in [2.05, 4.69) is 35.5 Å². The van der Waals surface area contributed by atoms with Crippen LogP contribution in [0.4, 0.5) is 5.69 Å². The third-order valence-corrected chi connectivity index (χ3v) is 3.90. The van der Waals surface area contributed by atoms with E-state index in [1.54, 1.807) is 0 Å². The van der Waals surface area contributed by atoms with Gasteiger partial charge in [-0.3, -0.25) is 0 Å². The van der Waals surface area contributed by atoms with Crippen LogP contribution in [0.2, 0.25) is 0 Å². The SMILES string of the molecule is CN1CCCC1COc1ccc2c(c1)CCN2. The van der Waals surface area contributed by atoms with Gasteiger partial charge in [0.2, 0.25) is 0 Å². The third-order valence-electron chi connectivity index (χ3n) is 3.90. The zero-order valence-corrected chi connectivity index (χ0v) is 10.4. The van der Waals surface area contributed by atoms with Crippen molar-refractivity contribution in [2.45, 2.75) is 25.3 Å². The van der Waals surface area contributed by atoms with Gasteiger partial charge in [-0.2, -0.15) is 0 Å². The highest BCUT2D eigenvalue weighted by Crippen LogP contribution is 2.27. The Labute approximate surface area is 103 Å². The first-order valence-electron chi connectivity index (χ1n) is 6.53. The number of ether oxygens (including phenoxy) is 1. The number of fused-ring (bicyclic) bond motifs is 1. The topological polar surface area (TPSA) is 24.5 Å². The van der Waals surface area contributed by atoms with Crippen molar-refractivity contribution < 1.29 is 4.74 Å². The van der Waals surface area contributed by atoms with E-state index in [9.17, 15) is 0 Å². The van der Waals surface area contributed by atoms with Crippen molar-refractivity contribution in [1.82, 2.24) is 4.90 Å². The van der Waals surface area contributed by atoms with Gasteiger partial charge in [-0.1, -0.05) is 0 Å². The smallest absolute Gasteiger partial charge is 0.119 e. The van der Waals surface area contributed by atoms with Crippen LogP contribution in [-0.4, -0.2) is 37.7 Å². The average Bonchev–Trinajstić information content (AvgIpc) is 2.94. The second-order valence-corrected chi connectivity index (χ2v) is 5.08. The Bertz CT molecular complexity index is 405. The van der Waals surface area contributed by atoms with E-state index < -0.39 is 0 Å². The molecule has 1 aromatic rings. The lowest BCUT2D eigenvalue weighted by atomic mass is 10.1. The van der Waals surface area contributed by atoms with Crippen molar-refractivity contribution in [3.63, 3.8) is 0 Å². The first-order valence-corrected chi connectivity index (χ1v) is 6.53. The van der Waals surface area contributed by atoms with Crippen LogP contribution in [0.15, 0.2) is 18.2 Å². The van der Waals surface area contributed by atoms with Crippen LogP contribution < -0.4 is 10.1 Å². The molecular weight excluding hydrogens is 212 g/mol. The Hall–Kier alpha value is -1.22. The summed E-state index contributed by atoms with van der Waals surface area (Å²) in [6.45, 7) is 3.09. The molecule has 0 amide bonds. The standard InChI is InChI=1S/C14H20N2O/c1-16-8-2-3-12(16)10-17-13-4-5-14-11(9-13)6-7-15-14/h4-5,9,12,15H,2-3,6-8,10H2,1H3. The fourth-order valence-corrected chi connectivity index (χ4v) is 2.75. The monoisotopic (exact) mass is 232 g/mol. The Balaban J connectivity index is 1.61. The van der Waals surface area contributed by atoms with Crippen LogP contribution in [-0.2, 0) is 6.42 Å². The highest BCUT2D eigenvalue weighted by atomic mass is 16.5. The normalized spacial score (nSPS) is 23.5. The van der Waals surface area contributed by atoms with Gasteiger partial charge in [0.1, 0.15) is 12.4 Å². The van der Waals surface area contributed by atoms with Gasteiger partial charge < -0.3 is 15.0 Å². The fourth-order valence-electron chi connectivity index (χ4n) is 2.75. The summed E-state index contributed by atoms with van der Waals surface area (Å²) in [6.07, 6.45) is 3.69. The maximum Gasteiger partial charge on any atom is 0.119 e. The molecule has 0 radical (unpaired) electrons. The molecule has 1 atom stereocenters. The highest BCUT2D eigenvalue weighted by Gasteiger charge is 2.21. The minimum Gasteiger partial charge on any atom is -0.492 e. The number of anilines is 1. The number of nitrogens with zero attached hydrogens (tertiary/aromatic N) is 1. The van der Waals surface area contributed by atoms with Gasteiger partial charge in [0, 0.05) is 18.3 Å². The van der Waals surface area contributed by atoms with Gasteiger partial charge >= 0.3 is 0 Å². The minimum absolute atomic E-state index is 0.598. The van der Waals surface area contributed by atoms with Crippen LogP contribution in [0.5, 0.6) is 5.75 Å². The van der Waals surface area contributed by atoms with Gasteiger partial charge in [-0.25, -0.2) is 0 Å². The number of likely N-dealkylation sites (tertiary alicyclic amines) is 1. The predicted molar refractivity (Wildman–Crippen MR) is 69.8 cm³/mol. The summed E-state index contributed by atoms with van der Waals surface area (Å²) in [5.74, 6) is 1.02. The van der Waals surface area contributed by atoms with E-state index in [1.165, 1.54) is 30.6 Å². The van der Waals surface area contributed by atoms with Crippen molar-refractivity contribution in [1.29, 1.82) is 0 Å². The first kappa shape index (κ1) is 10.9. The Morgan fingerprint density at radius 1 is 1.47 bits per heavy atom. The van der Waals surface area contributed by atoms with Crippen molar-refractivity contribution >= 4 is 5.69 Å².